The summed E-state index contributed by atoms with van der Waals surface area (Å²) in [5.74, 6) is 0.719. The Morgan fingerprint density at radius 2 is 1.80 bits per heavy atom. The number of ether oxygens (including phenoxy) is 1. The van der Waals surface area contributed by atoms with Gasteiger partial charge in [-0.1, -0.05) is 42.5 Å². The summed E-state index contributed by atoms with van der Waals surface area (Å²) < 4.78 is 7.59. The molecule has 1 saturated carbocycles. The number of amides is 1. The topological polar surface area (TPSA) is 119 Å². The van der Waals surface area contributed by atoms with Gasteiger partial charge in [-0.25, -0.2) is 0 Å². The van der Waals surface area contributed by atoms with Crippen molar-refractivity contribution in [1.82, 2.24) is 9.88 Å². The van der Waals surface area contributed by atoms with Crippen molar-refractivity contribution in [3.8, 4) is 5.75 Å². The number of methoxy groups -OCH3 is 1. The van der Waals surface area contributed by atoms with Crippen LogP contribution in [0.3, 0.4) is 0 Å². The number of rotatable bonds is 6. The molecule has 1 fully saturated rings. The van der Waals surface area contributed by atoms with Gasteiger partial charge in [0.25, 0.3) is 5.91 Å². The fourth-order valence-corrected chi connectivity index (χ4v) is 5.12. The number of hydrogen-bond donors (Lipinski definition) is 4. The summed E-state index contributed by atoms with van der Waals surface area (Å²) in [7, 11) is 1.67. The lowest BCUT2D eigenvalue weighted by Gasteiger charge is -2.27. The van der Waals surface area contributed by atoms with Crippen LogP contribution in [0.2, 0.25) is 0 Å². The molecule has 0 radical (unpaired) electrons. The average molecular weight is 470 g/mol. The summed E-state index contributed by atoms with van der Waals surface area (Å²) in [6.07, 6.45) is 3.64. The third kappa shape index (κ3) is 4.47. The number of hydrogen-bond acceptors (Lipinski definition) is 4. The van der Waals surface area contributed by atoms with Crippen LogP contribution in [-0.4, -0.2) is 35.5 Å². The lowest BCUT2D eigenvalue weighted by atomic mass is 9.92. The largest absolute Gasteiger partial charge is 0.496 e. The first-order valence-corrected chi connectivity index (χ1v) is 12.0. The Morgan fingerprint density at radius 3 is 2.51 bits per heavy atom. The van der Waals surface area contributed by atoms with Crippen molar-refractivity contribution < 1.29 is 9.53 Å². The van der Waals surface area contributed by atoms with Gasteiger partial charge in [0, 0.05) is 40.5 Å². The number of nitrogen functional groups attached to an aromatic ring is 1. The van der Waals surface area contributed by atoms with E-state index >= 15 is 0 Å². The molecule has 1 amide bonds. The molecule has 4 aromatic rings. The normalized spacial score (nSPS) is 18.0. The zero-order valence-corrected chi connectivity index (χ0v) is 19.9. The molecule has 1 aromatic heterocycles. The van der Waals surface area contributed by atoms with Crippen LogP contribution in [-0.2, 0) is 6.54 Å². The first-order chi connectivity index (χ1) is 16.9. The van der Waals surface area contributed by atoms with Crippen LogP contribution < -0.4 is 21.5 Å². The third-order valence-corrected chi connectivity index (χ3v) is 7.08. The highest BCUT2D eigenvalue weighted by Gasteiger charge is 2.23. The van der Waals surface area contributed by atoms with E-state index in [1.54, 1.807) is 7.11 Å². The zero-order chi connectivity index (χ0) is 24.5. The highest BCUT2D eigenvalue weighted by atomic mass is 16.5. The molecule has 0 atom stereocenters. The first kappa shape index (κ1) is 22.9. The zero-order valence-electron chi connectivity index (χ0n) is 19.9. The van der Waals surface area contributed by atoms with Crippen LogP contribution in [0.25, 0.3) is 21.7 Å². The van der Waals surface area contributed by atoms with Gasteiger partial charge >= 0.3 is 0 Å². The maximum atomic E-state index is 13.5. The Morgan fingerprint density at radius 1 is 1.06 bits per heavy atom. The van der Waals surface area contributed by atoms with E-state index in [-0.39, 0.29) is 23.8 Å². The number of carbonyl (C=O) groups excluding carboxylic acids is 1. The molecule has 0 spiro atoms. The van der Waals surface area contributed by atoms with E-state index in [9.17, 15) is 4.79 Å². The van der Waals surface area contributed by atoms with E-state index in [2.05, 4.69) is 11.4 Å². The fourth-order valence-electron chi connectivity index (χ4n) is 5.12. The van der Waals surface area contributed by atoms with Gasteiger partial charge in [0.2, 0.25) is 0 Å². The predicted molar refractivity (Wildman–Crippen MR) is 140 cm³/mol. The number of carbonyl (C=O) groups is 1. The maximum absolute atomic E-state index is 13.5. The number of amidine groups is 1. The summed E-state index contributed by atoms with van der Waals surface area (Å²) in [6.45, 7) is 0.494. The standard InChI is InChI=1S/C28H31N5O2/c1-35-26-13-8-19(22-4-2-3-5-23(22)26)16-33-24-15-18(27(30)31)7-6-17(24)14-25(33)28(34)32-21-11-9-20(29)10-12-21/h2-8,13-15,20-21H,9-12,16,29H2,1H3,(H3,30,31)(H,32,34)/t20-,21-. The Labute approximate surface area is 204 Å². The molecule has 6 N–H and O–H groups in total. The summed E-state index contributed by atoms with van der Waals surface area (Å²) in [5.41, 5.74) is 15.0. The molecule has 5 rings (SSSR count). The Hall–Kier alpha value is -3.84. The van der Waals surface area contributed by atoms with Crippen LogP contribution in [0.5, 0.6) is 5.75 Å². The highest BCUT2D eigenvalue weighted by molar-refractivity contribution is 6.02. The summed E-state index contributed by atoms with van der Waals surface area (Å²) in [4.78, 5) is 13.5. The molecule has 1 heterocycles. The molecule has 0 saturated heterocycles. The van der Waals surface area contributed by atoms with E-state index in [1.807, 2.05) is 59.2 Å². The lowest BCUT2D eigenvalue weighted by molar-refractivity contribution is 0.0917. The summed E-state index contributed by atoms with van der Waals surface area (Å²) in [6, 6.07) is 20.0. The van der Waals surface area contributed by atoms with E-state index < -0.39 is 0 Å². The molecule has 0 aliphatic heterocycles. The number of nitrogens with one attached hydrogen (secondary N) is 2. The second kappa shape index (κ2) is 9.43. The average Bonchev–Trinajstić information content (AvgIpc) is 3.23. The Kier molecular flexibility index (Phi) is 6.17. The number of nitrogens with two attached hydrogens (primary N) is 2. The van der Waals surface area contributed by atoms with Crippen molar-refractivity contribution in [3.63, 3.8) is 0 Å². The van der Waals surface area contributed by atoms with Gasteiger partial charge in [0.15, 0.2) is 0 Å². The molecule has 7 heteroatoms. The van der Waals surface area contributed by atoms with Crippen molar-refractivity contribution in [1.29, 1.82) is 5.41 Å². The Balaban J connectivity index is 1.59. The predicted octanol–water partition coefficient (Wildman–Crippen LogP) is 4.14. The molecule has 0 bridgehead atoms. The van der Waals surface area contributed by atoms with Gasteiger partial charge in [0.05, 0.1) is 7.11 Å². The molecular formula is C28H31N5O2. The van der Waals surface area contributed by atoms with E-state index in [0.29, 0.717) is 17.8 Å². The maximum Gasteiger partial charge on any atom is 0.268 e. The minimum atomic E-state index is -0.0936. The van der Waals surface area contributed by atoms with E-state index in [0.717, 1.165) is 58.7 Å². The van der Waals surface area contributed by atoms with Crippen molar-refractivity contribution in [3.05, 3.63) is 77.5 Å². The molecule has 0 unspecified atom stereocenters. The van der Waals surface area contributed by atoms with Gasteiger partial charge in [0.1, 0.15) is 17.3 Å². The monoisotopic (exact) mass is 469 g/mol. The van der Waals surface area contributed by atoms with Crippen LogP contribution in [0.1, 0.15) is 47.3 Å². The fraction of sp³-hybridized carbons (Fsp3) is 0.286. The highest BCUT2D eigenvalue weighted by Crippen LogP contribution is 2.31. The second-order valence-electron chi connectivity index (χ2n) is 9.36. The van der Waals surface area contributed by atoms with Crippen molar-refractivity contribution >= 4 is 33.4 Å². The van der Waals surface area contributed by atoms with Gasteiger partial charge in [-0.15, -0.1) is 0 Å². The Bertz CT molecular complexity index is 1420. The van der Waals surface area contributed by atoms with Gasteiger partial charge in [-0.3, -0.25) is 10.2 Å². The molecular weight excluding hydrogens is 438 g/mol. The van der Waals surface area contributed by atoms with Crippen LogP contribution in [0, 0.1) is 5.41 Å². The lowest BCUT2D eigenvalue weighted by Crippen LogP contribution is -2.41. The molecule has 35 heavy (non-hydrogen) atoms. The minimum absolute atomic E-state index is 0.000840. The van der Waals surface area contributed by atoms with Crippen LogP contribution >= 0.6 is 0 Å². The van der Waals surface area contributed by atoms with Crippen LogP contribution in [0.15, 0.2) is 60.7 Å². The smallest absolute Gasteiger partial charge is 0.268 e. The van der Waals surface area contributed by atoms with Crippen LogP contribution in [0.4, 0.5) is 0 Å². The summed E-state index contributed by atoms with van der Waals surface area (Å²) >= 11 is 0. The minimum Gasteiger partial charge on any atom is -0.496 e. The second-order valence-corrected chi connectivity index (χ2v) is 9.36. The summed E-state index contributed by atoms with van der Waals surface area (Å²) in [5, 5.41) is 14.2. The first-order valence-electron chi connectivity index (χ1n) is 12.0. The van der Waals surface area contributed by atoms with E-state index in [1.165, 1.54) is 0 Å². The van der Waals surface area contributed by atoms with Crippen molar-refractivity contribution in [2.75, 3.05) is 7.11 Å². The quantitative estimate of drug-likeness (QED) is 0.251. The number of nitrogens with zero attached hydrogens (tertiary/aromatic N) is 1. The van der Waals surface area contributed by atoms with Crippen molar-refractivity contribution in [2.24, 2.45) is 11.5 Å². The molecule has 7 nitrogen and oxygen atoms in total. The number of fused-ring (bicyclic) bond motifs is 2. The molecule has 1 aliphatic rings. The molecule has 3 aromatic carbocycles. The van der Waals surface area contributed by atoms with Gasteiger partial charge in [-0.05, 0) is 54.8 Å². The van der Waals surface area contributed by atoms with E-state index in [4.69, 9.17) is 21.6 Å². The van der Waals surface area contributed by atoms with Crippen molar-refractivity contribution in [2.45, 2.75) is 44.3 Å². The SMILES string of the molecule is COc1ccc(Cn2c(C(=O)N[C@H]3CC[C@H](N)CC3)cc3ccc(C(=N)N)cc32)c2ccccc12. The third-order valence-electron chi connectivity index (χ3n) is 7.08. The molecule has 1 aliphatic carbocycles. The van der Waals surface area contributed by atoms with Gasteiger partial charge in [-0.2, -0.15) is 0 Å². The number of aromatic nitrogens is 1. The molecule has 180 valence electrons. The van der Waals surface area contributed by atoms with Gasteiger partial charge < -0.3 is 26.1 Å². The number of benzene rings is 3.